The molecule has 0 aliphatic rings. The summed E-state index contributed by atoms with van der Waals surface area (Å²) in [7, 11) is 0. The summed E-state index contributed by atoms with van der Waals surface area (Å²) in [5.41, 5.74) is 2.68. The predicted octanol–water partition coefficient (Wildman–Crippen LogP) is 3.57. The molecular weight excluding hydrogens is 288 g/mol. The Bertz CT molecular complexity index is 651. The molecule has 2 rings (SSSR count). The molecule has 0 heterocycles. The molecule has 0 fully saturated rings. The minimum Gasteiger partial charge on any atom is -0.385 e. The molecule has 0 bridgehead atoms. The van der Waals surface area contributed by atoms with E-state index in [9.17, 15) is 9.59 Å². The highest BCUT2D eigenvalue weighted by molar-refractivity contribution is 5.94. The number of hydrogen-bond acceptors (Lipinski definition) is 3. The first kappa shape index (κ1) is 16.7. The highest BCUT2D eigenvalue weighted by atomic mass is 16.1. The van der Waals surface area contributed by atoms with Gasteiger partial charge < -0.3 is 10.6 Å². The molecule has 0 radical (unpaired) electrons. The lowest BCUT2D eigenvalue weighted by Crippen LogP contribution is -2.28. The van der Waals surface area contributed by atoms with Crippen LogP contribution in [0.5, 0.6) is 0 Å². The van der Waals surface area contributed by atoms with Gasteiger partial charge in [-0.3, -0.25) is 9.59 Å². The van der Waals surface area contributed by atoms with E-state index < -0.39 is 0 Å². The fourth-order valence-corrected chi connectivity index (χ4v) is 2.28. The van der Waals surface area contributed by atoms with Gasteiger partial charge in [0.15, 0.2) is 5.78 Å². The van der Waals surface area contributed by atoms with Crippen LogP contribution in [0.3, 0.4) is 0 Å². The van der Waals surface area contributed by atoms with Crippen molar-refractivity contribution >= 4 is 17.4 Å². The molecule has 4 heteroatoms. The fourth-order valence-electron chi connectivity index (χ4n) is 2.28. The summed E-state index contributed by atoms with van der Waals surface area (Å²) in [6.07, 6.45) is 0.394. The second-order valence-corrected chi connectivity index (χ2v) is 5.51. The van der Waals surface area contributed by atoms with Gasteiger partial charge in [-0.25, -0.2) is 0 Å². The minimum absolute atomic E-state index is 0.00134. The highest BCUT2D eigenvalue weighted by Gasteiger charge is 2.08. The summed E-state index contributed by atoms with van der Waals surface area (Å²) in [6, 6.07) is 17.1. The molecule has 0 aliphatic carbocycles. The van der Waals surface area contributed by atoms with Crippen molar-refractivity contribution in [2.24, 2.45) is 0 Å². The first-order chi connectivity index (χ1) is 11.1. The Kier molecular flexibility index (Phi) is 5.92. The molecule has 23 heavy (non-hydrogen) atoms. The quantitative estimate of drug-likeness (QED) is 0.769. The summed E-state index contributed by atoms with van der Waals surface area (Å²) < 4.78 is 0. The summed E-state index contributed by atoms with van der Waals surface area (Å²) >= 11 is 0. The van der Waals surface area contributed by atoms with E-state index >= 15 is 0 Å². The van der Waals surface area contributed by atoms with Gasteiger partial charge >= 0.3 is 0 Å². The number of anilines is 1. The van der Waals surface area contributed by atoms with Gasteiger partial charge in [0.2, 0.25) is 5.91 Å². The van der Waals surface area contributed by atoms with Crippen molar-refractivity contribution < 1.29 is 9.59 Å². The molecule has 1 atom stereocenters. The Morgan fingerprint density at radius 1 is 1.00 bits per heavy atom. The lowest BCUT2D eigenvalue weighted by atomic mass is 10.1. The van der Waals surface area contributed by atoms with Crippen LogP contribution in [-0.2, 0) is 4.79 Å². The van der Waals surface area contributed by atoms with Crippen molar-refractivity contribution in [2.75, 3.05) is 11.9 Å². The van der Waals surface area contributed by atoms with Crippen molar-refractivity contribution in [3.05, 3.63) is 65.7 Å². The number of nitrogens with one attached hydrogen (secondary N) is 2. The Labute approximate surface area is 136 Å². The zero-order valence-corrected chi connectivity index (χ0v) is 13.5. The van der Waals surface area contributed by atoms with Gasteiger partial charge in [-0.1, -0.05) is 30.3 Å². The van der Waals surface area contributed by atoms with Gasteiger partial charge in [-0.05, 0) is 43.7 Å². The molecule has 0 saturated heterocycles. The number of ketones is 1. The van der Waals surface area contributed by atoms with Gasteiger partial charge in [0.25, 0.3) is 0 Å². The third-order valence-electron chi connectivity index (χ3n) is 3.65. The molecule has 4 nitrogen and oxygen atoms in total. The molecule has 2 aromatic carbocycles. The summed E-state index contributed by atoms with van der Waals surface area (Å²) in [6.45, 7) is 4.06. The first-order valence-electron chi connectivity index (χ1n) is 7.75. The van der Waals surface area contributed by atoms with Crippen LogP contribution in [0, 0.1) is 0 Å². The SMILES string of the molecule is CC(=O)c1ccc(NCCC(=O)NC(C)c2ccccc2)cc1. The van der Waals surface area contributed by atoms with Gasteiger partial charge in [0.05, 0.1) is 6.04 Å². The molecule has 0 saturated carbocycles. The monoisotopic (exact) mass is 310 g/mol. The highest BCUT2D eigenvalue weighted by Crippen LogP contribution is 2.12. The lowest BCUT2D eigenvalue weighted by Gasteiger charge is -2.14. The largest absolute Gasteiger partial charge is 0.385 e. The average molecular weight is 310 g/mol. The van der Waals surface area contributed by atoms with Crippen LogP contribution in [0.4, 0.5) is 5.69 Å². The number of amides is 1. The first-order valence-corrected chi connectivity index (χ1v) is 7.75. The van der Waals surface area contributed by atoms with Crippen LogP contribution in [-0.4, -0.2) is 18.2 Å². The van der Waals surface area contributed by atoms with Crippen molar-refractivity contribution in [3.63, 3.8) is 0 Å². The van der Waals surface area contributed by atoms with Gasteiger partial charge in [0, 0.05) is 24.2 Å². The van der Waals surface area contributed by atoms with E-state index in [1.165, 1.54) is 0 Å². The van der Waals surface area contributed by atoms with E-state index in [0.29, 0.717) is 18.5 Å². The zero-order chi connectivity index (χ0) is 16.7. The molecule has 1 amide bonds. The number of Topliss-reactive ketones (excluding diaryl/α,β-unsaturated/α-hetero) is 1. The number of hydrogen-bond donors (Lipinski definition) is 2. The van der Waals surface area contributed by atoms with E-state index in [2.05, 4.69) is 10.6 Å². The van der Waals surface area contributed by atoms with Crippen LogP contribution in [0.1, 0.15) is 42.2 Å². The van der Waals surface area contributed by atoms with E-state index in [1.54, 1.807) is 19.1 Å². The second kappa shape index (κ2) is 8.13. The maximum Gasteiger partial charge on any atom is 0.222 e. The molecule has 2 aromatic rings. The van der Waals surface area contributed by atoms with Gasteiger partial charge in [-0.15, -0.1) is 0 Å². The topological polar surface area (TPSA) is 58.2 Å². The van der Waals surface area contributed by atoms with Gasteiger partial charge in [-0.2, -0.15) is 0 Å². The third-order valence-corrected chi connectivity index (χ3v) is 3.65. The molecule has 0 spiro atoms. The van der Waals surface area contributed by atoms with Gasteiger partial charge in [0.1, 0.15) is 0 Å². The third kappa shape index (κ3) is 5.25. The maximum atomic E-state index is 12.0. The zero-order valence-electron chi connectivity index (χ0n) is 13.5. The number of carbonyl (C=O) groups excluding carboxylic acids is 2. The Hall–Kier alpha value is -2.62. The van der Waals surface area contributed by atoms with Crippen LogP contribution in [0.15, 0.2) is 54.6 Å². The van der Waals surface area contributed by atoms with Crippen LogP contribution in [0.25, 0.3) is 0 Å². The van der Waals surface area contributed by atoms with Crippen molar-refractivity contribution in [1.82, 2.24) is 5.32 Å². The molecule has 0 aliphatic heterocycles. The minimum atomic E-state index is -0.00134. The summed E-state index contributed by atoms with van der Waals surface area (Å²) in [4.78, 5) is 23.2. The predicted molar refractivity (Wildman–Crippen MR) is 92.6 cm³/mol. The van der Waals surface area contributed by atoms with Crippen LogP contribution < -0.4 is 10.6 Å². The van der Waals surface area contributed by atoms with E-state index in [1.807, 2.05) is 49.4 Å². The molecule has 120 valence electrons. The van der Waals surface area contributed by atoms with E-state index in [4.69, 9.17) is 0 Å². The molecule has 0 aromatic heterocycles. The Morgan fingerprint density at radius 2 is 1.65 bits per heavy atom. The van der Waals surface area contributed by atoms with Crippen molar-refractivity contribution in [2.45, 2.75) is 26.3 Å². The number of rotatable bonds is 7. The summed E-state index contributed by atoms with van der Waals surface area (Å²) in [5.74, 6) is 0.0556. The smallest absolute Gasteiger partial charge is 0.222 e. The fraction of sp³-hybridized carbons (Fsp3) is 0.263. The second-order valence-electron chi connectivity index (χ2n) is 5.51. The van der Waals surface area contributed by atoms with Crippen molar-refractivity contribution in [3.8, 4) is 0 Å². The Morgan fingerprint density at radius 3 is 2.26 bits per heavy atom. The molecule has 1 unspecified atom stereocenters. The lowest BCUT2D eigenvalue weighted by molar-refractivity contribution is -0.121. The van der Waals surface area contributed by atoms with Crippen LogP contribution in [0.2, 0.25) is 0 Å². The molecular formula is C19H22N2O2. The number of benzene rings is 2. The standard InChI is InChI=1S/C19H22N2O2/c1-14(16-6-4-3-5-7-16)21-19(23)12-13-20-18-10-8-17(9-11-18)15(2)22/h3-11,14,20H,12-13H2,1-2H3,(H,21,23). The number of carbonyl (C=O) groups is 2. The van der Waals surface area contributed by atoms with E-state index in [-0.39, 0.29) is 17.7 Å². The van der Waals surface area contributed by atoms with Crippen molar-refractivity contribution in [1.29, 1.82) is 0 Å². The average Bonchev–Trinajstić information content (AvgIpc) is 2.56. The molecule has 2 N–H and O–H groups in total. The summed E-state index contributed by atoms with van der Waals surface area (Å²) in [5, 5.41) is 6.17. The van der Waals surface area contributed by atoms with Crippen LogP contribution >= 0.6 is 0 Å². The maximum absolute atomic E-state index is 12.0. The Balaban J connectivity index is 1.75. The van der Waals surface area contributed by atoms with E-state index in [0.717, 1.165) is 11.3 Å². The normalized spacial score (nSPS) is 11.6.